The molecule has 0 spiro atoms. The van der Waals surface area contributed by atoms with Crippen molar-refractivity contribution >= 4 is 0 Å². The molecule has 0 aromatic heterocycles. The van der Waals surface area contributed by atoms with E-state index in [0.717, 1.165) is 22.3 Å². The number of rotatable bonds is 8. The lowest BCUT2D eigenvalue weighted by Crippen LogP contribution is -2.20. The number of aromatic hydroxyl groups is 4. The van der Waals surface area contributed by atoms with Gasteiger partial charge in [0, 0.05) is 10.8 Å². The van der Waals surface area contributed by atoms with E-state index in [2.05, 4.69) is 76.2 Å². The zero-order valence-corrected chi connectivity index (χ0v) is 36.2. The first-order valence-corrected chi connectivity index (χ1v) is 23.3. The van der Waals surface area contributed by atoms with Gasteiger partial charge in [-0.3, -0.25) is 0 Å². The molecule has 8 rings (SSSR count). The Bertz CT molecular complexity index is 1680. The Labute approximate surface area is 350 Å². The van der Waals surface area contributed by atoms with Crippen molar-refractivity contribution in [2.75, 3.05) is 0 Å². The van der Waals surface area contributed by atoms with E-state index in [-0.39, 0.29) is 10.8 Å². The third-order valence-electron chi connectivity index (χ3n) is 15.2. The molecule has 0 unspecified atom stereocenters. The minimum absolute atomic E-state index is 0.172. The second-order valence-electron chi connectivity index (χ2n) is 19.7. The van der Waals surface area contributed by atoms with Crippen LogP contribution in [-0.2, 0) is 10.8 Å². The lowest BCUT2D eigenvalue weighted by Gasteiger charge is -2.31. The van der Waals surface area contributed by atoms with Crippen molar-refractivity contribution < 1.29 is 20.4 Å². The third kappa shape index (κ3) is 9.42. The van der Waals surface area contributed by atoms with Gasteiger partial charge in [0.1, 0.15) is 23.0 Å². The second kappa shape index (κ2) is 18.6. The average molecular weight is 785 g/mol. The molecule has 4 aliphatic carbocycles. The van der Waals surface area contributed by atoms with Gasteiger partial charge in [0.05, 0.1) is 0 Å². The van der Waals surface area contributed by atoms with E-state index in [1.165, 1.54) is 151 Å². The van der Waals surface area contributed by atoms with Gasteiger partial charge in [-0.1, -0.05) is 153 Å². The average Bonchev–Trinajstić information content (AvgIpc) is 3.25. The second-order valence-corrected chi connectivity index (χ2v) is 19.7. The molecule has 0 bridgehead atoms. The molecule has 4 aliphatic rings. The maximum atomic E-state index is 10.5. The molecule has 0 amide bonds. The fourth-order valence-electron chi connectivity index (χ4n) is 11.1. The summed E-state index contributed by atoms with van der Waals surface area (Å²) >= 11 is 0. The van der Waals surface area contributed by atoms with Crippen molar-refractivity contribution in [1.29, 1.82) is 0 Å². The van der Waals surface area contributed by atoms with E-state index < -0.39 is 0 Å². The standard InChI is InChI=1S/2C27H36O2/c2*1-27(2,21-13-15-25(28)23(17-21)19-9-5-3-6-10-19)22-14-16-26(29)24(18-22)20-11-7-4-8-12-20/h2*13-20,28-29H,3-12H2,1-2H3. The zero-order valence-electron chi connectivity index (χ0n) is 36.2. The van der Waals surface area contributed by atoms with E-state index in [1.54, 1.807) is 0 Å². The maximum Gasteiger partial charge on any atom is 0.119 e. The normalized spacial score (nSPS) is 19.4. The lowest BCUT2D eigenvalue weighted by atomic mass is 9.74. The first kappa shape index (κ1) is 42.2. The smallest absolute Gasteiger partial charge is 0.119 e. The Balaban J connectivity index is 0.000000177. The minimum Gasteiger partial charge on any atom is -0.508 e. The van der Waals surface area contributed by atoms with Crippen LogP contribution in [-0.4, -0.2) is 20.4 Å². The topological polar surface area (TPSA) is 80.9 Å². The van der Waals surface area contributed by atoms with Crippen molar-refractivity contribution in [3.63, 3.8) is 0 Å². The summed E-state index contributed by atoms with van der Waals surface area (Å²) in [6, 6.07) is 24.9. The van der Waals surface area contributed by atoms with Crippen LogP contribution in [0.15, 0.2) is 72.8 Å². The molecule has 4 nitrogen and oxygen atoms in total. The van der Waals surface area contributed by atoms with E-state index in [4.69, 9.17) is 0 Å². The van der Waals surface area contributed by atoms with Gasteiger partial charge in [-0.25, -0.2) is 0 Å². The first-order valence-electron chi connectivity index (χ1n) is 23.3. The summed E-state index contributed by atoms with van der Waals surface area (Å²) < 4.78 is 0. The molecular weight excluding hydrogens is 713 g/mol. The first-order chi connectivity index (χ1) is 27.9. The molecule has 4 aromatic rings. The van der Waals surface area contributed by atoms with E-state index in [0.29, 0.717) is 46.7 Å². The van der Waals surface area contributed by atoms with Crippen LogP contribution in [0.3, 0.4) is 0 Å². The fourth-order valence-corrected chi connectivity index (χ4v) is 11.1. The fraction of sp³-hybridized carbons (Fsp3) is 0.556. The van der Waals surface area contributed by atoms with Gasteiger partial charge in [-0.05, 0) is 144 Å². The van der Waals surface area contributed by atoms with Crippen LogP contribution in [0, 0.1) is 0 Å². The summed E-state index contributed by atoms with van der Waals surface area (Å²) in [5, 5.41) is 42.2. The highest BCUT2D eigenvalue weighted by molar-refractivity contribution is 5.50. The molecule has 312 valence electrons. The Morgan fingerprint density at radius 3 is 0.690 bits per heavy atom. The highest BCUT2D eigenvalue weighted by Crippen LogP contribution is 2.46. The van der Waals surface area contributed by atoms with Crippen LogP contribution < -0.4 is 0 Å². The number of hydrogen-bond donors (Lipinski definition) is 4. The van der Waals surface area contributed by atoms with Gasteiger partial charge in [-0.15, -0.1) is 0 Å². The molecule has 0 saturated heterocycles. The quantitative estimate of drug-likeness (QED) is 0.143. The van der Waals surface area contributed by atoms with Gasteiger partial charge >= 0.3 is 0 Å². The number of hydrogen-bond acceptors (Lipinski definition) is 4. The summed E-state index contributed by atoms with van der Waals surface area (Å²) in [5.74, 6) is 3.73. The monoisotopic (exact) mass is 785 g/mol. The Morgan fingerprint density at radius 2 is 0.500 bits per heavy atom. The van der Waals surface area contributed by atoms with Crippen LogP contribution in [0.5, 0.6) is 23.0 Å². The lowest BCUT2D eigenvalue weighted by molar-refractivity contribution is 0.412. The molecule has 4 aromatic carbocycles. The molecule has 4 heteroatoms. The van der Waals surface area contributed by atoms with Crippen LogP contribution >= 0.6 is 0 Å². The molecule has 0 radical (unpaired) electrons. The van der Waals surface area contributed by atoms with Crippen LogP contribution in [0.2, 0.25) is 0 Å². The predicted molar refractivity (Wildman–Crippen MR) is 240 cm³/mol. The molecule has 4 saturated carbocycles. The summed E-state index contributed by atoms with van der Waals surface area (Å²) in [6.07, 6.45) is 24.9. The van der Waals surface area contributed by atoms with E-state index in [1.807, 2.05) is 24.3 Å². The molecule has 4 fully saturated rings. The highest BCUT2D eigenvalue weighted by Gasteiger charge is 2.30. The highest BCUT2D eigenvalue weighted by atomic mass is 16.3. The van der Waals surface area contributed by atoms with Gasteiger partial charge in [0.2, 0.25) is 0 Å². The Kier molecular flexibility index (Phi) is 13.5. The van der Waals surface area contributed by atoms with Crippen molar-refractivity contribution in [1.82, 2.24) is 0 Å². The predicted octanol–water partition coefficient (Wildman–Crippen LogP) is 15.0. The van der Waals surface area contributed by atoms with Crippen LogP contribution in [0.25, 0.3) is 0 Å². The van der Waals surface area contributed by atoms with Crippen LogP contribution in [0.4, 0.5) is 0 Å². The molecule has 0 atom stereocenters. The zero-order chi connectivity index (χ0) is 40.9. The summed E-state index contributed by atoms with van der Waals surface area (Å²) in [7, 11) is 0. The molecule has 0 heterocycles. The molecule has 58 heavy (non-hydrogen) atoms. The SMILES string of the molecule is CC(C)(c1ccc(O)c(C2CCCCC2)c1)c1ccc(O)c(C2CCCCC2)c1.CC(C)(c1ccc(O)c(C2CCCCC2)c1)c1ccc(O)c(C2CCCCC2)c1. The number of benzene rings is 4. The summed E-state index contributed by atoms with van der Waals surface area (Å²) in [4.78, 5) is 0. The maximum absolute atomic E-state index is 10.5. The molecule has 0 aliphatic heterocycles. The third-order valence-corrected chi connectivity index (χ3v) is 15.2. The van der Waals surface area contributed by atoms with E-state index in [9.17, 15) is 20.4 Å². The van der Waals surface area contributed by atoms with Gasteiger partial charge in [0.25, 0.3) is 0 Å². The number of phenolic OH excluding ortho intramolecular Hbond substituents is 4. The Hall–Kier alpha value is -3.92. The number of phenols is 4. The van der Waals surface area contributed by atoms with E-state index >= 15 is 0 Å². The molecule has 4 N–H and O–H groups in total. The molecular formula is C54H72O4. The van der Waals surface area contributed by atoms with Crippen molar-refractivity contribution in [3.8, 4) is 23.0 Å². The largest absolute Gasteiger partial charge is 0.508 e. The van der Waals surface area contributed by atoms with Gasteiger partial charge in [-0.2, -0.15) is 0 Å². The van der Waals surface area contributed by atoms with Gasteiger partial charge < -0.3 is 20.4 Å². The summed E-state index contributed by atoms with van der Waals surface area (Å²) in [5.41, 5.74) is 9.15. The van der Waals surface area contributed by atoms with Crippen molar-refractivity contribution in [2.24, 2.45) is 0 Å². The van der Waals surface area contributed by atoms with Crippen molar-refractivity contribution in [2.45, 2.75) is 191 Å². The van der Waals surface area contributed by atoms with Gasteiger partial charge in [0.15, 0.2) is 0 Å². The van der Waals surface area contributed by atoms with Crippen LogP contribution in [0.1, 0.15) is 224 Å². The van der Waals surface area contributed by atoms with Crippen molar-refractivity contribution in [3.05, 3.63) is 117 Å². The minimum atomic E-state index is -0.172. The summed E-state index contributed by atoms with van der Waals surface area (Å²) in [6.45, 7) is 9.06. The Morgan fingerprint density at radius 1 is 0.310 bits per heavy atom.